The molecule has 16 heavy (non-hydrogen) atoms. The van der Waals surface area contributed by atoms with E-state index in [9.17, 15) is 0 Å². The highest BCUT2D eigenvalue weighted by Gasteiger charge is 2.39. The van der Waals surface area contributed by atoms with Crippen LogP contribution in [-0.4, -0.2) is 0 Å². The summed E-state index contributed by atoms with van der Waals surface area (Å²) in [4.78, 5) is 0. The summed E-state index contributed by atoms with van der Waals surface area (Å²) in [6, 6.07) is 7.34. The van der Waals surface area contributed by atoms with Crippen LogP contribution in [0.15, 0.2) is 18.2 Å². The third-order valence-electron chi connectivity index (χ3n) is 4.38. The SMILES string of the molecule is CCCc1ccc(C2(C)CC2)cc1C1CC1. The average Bonchev–Trinajstić information content (AvgIpc) is 3.14. The number of benzene rings is 1. The predicted molar refractivity (Wildman–Crippen MR) is 69.0 cm³/mol. The van der Waals surface area contributed by atoms with Crippen molar-refractivity contribution in [3.63, 3.8) is 0 Å². The molecule has 0 aliphatic heterocycles. The fraction of sp³-hybridized carbons (Fsp3) is 0.625. The molecule has 0 atom stereocenters. The van der Waals surface area contributed by atoms with Gasteiger partial charge in [-0.3, -0.25) is 0 Å². The number of hydrogen-bond acceptors (Lipinski definition) is 0. The van der Waals surface area contributed by atoms with E-state index in [0.717, 1.165) is 5.92 Å². The quantitative estimate of drug-likeness (QED) is 0.689. The van der Waals surface area contributed by atoms with Gasteiger partial charge in [-0.1, -0.05) is 38.5 Å². The summed E-state index contributed by atoms with van der Waals surface area (Å²) in [7, 11) is 0. The summed E-state index contributed by atoms with van der Waals surface area (Å²) >= 11 is 0. The Hall–Kier alpha value is -0.780. The second-order valence-corrected chi connectivity index (χ2v) is 6.00. The smallest absolute Gasteiger partial charge is 0.00745 e. The third kappa shape index (κ3) is 1.79. The van der Waals surface area contributed by atoms with Gasteiger partial charge < -0.3 is 0 Å². The van der Waals surface area contributed by atoms with Gasteiger partial charge in [-0.05, 0) is 60.1 Å². The molecular formula is C16H22. The van der Waals surface area contributed by atoms with E-state index in [0.29, 0.717) is 5.41 Å². The maximum Gasteiger partial charge on any atom is -0.00745 e. The second kappa shape index (κ2) is 3.61. The molecular weight excluding hydrogens is 192 g/mol. The topological polar surface area (TPSA) is 0 Å². The standard InChI is InChI=1S/C16H22/c1-3-4-12-7-8-14(16(2)9-10-16)11-15(12)13-5-6-13/h7-8,11,13H,3-6,9-10H2,1-2H3. The Morgan fingerprint density at radius 3 is 2.56 bits per heavy atom. The van der Waals surface area contributed by atoms with Crippen LogP contribution < -0.4 is 0 Å². The summed E-state index contributed by atoms with van der Waals surface area (Å²) in [5.74, 6) is 0.906. The molecule has 2 aliphatic rings. The summed E-state index contributed by atoms with van der Waals surface area (Å²) < 4.78 is 0. The lowest BCUT2D eigenvalue weighted by Gasteiger charge is -2.14. The van der Waals surface area contributed by atoms with Gasteiger partial charge in [0.2, 0.25) is 0 Å². The van der Waals surface area contributed by atoms with Crippen molar-refractivity contribution in [1.29, 1.82) is 0 Å². The van der Waals surface area contributed by atoms with E-state index in [4.69, 9.17) is 0 Å². The van der Waals surface area contributed by atoms with E-state index < -0.39 is 0 Å². The fourth-order valence-electron chi connectivity index (χ4n) is 2.72. The van der Waals surface area contributed by atoms with Crippen LogP contribution in [0.4, 0.5) is 0 Å². The molecule has 2 aliphatic carbocycles. The average molecular weight is 214 g/mol. The molecule has 0 saturated heterocycles. The molecule has 0 heterocycles. The molecule has 0 unspecified atom stereocenters. The summed E-state index contributed by atoms with van der Waals surface area (Å²) in [6.07, 6.45) is 8.18. The summed E-state index contributed by atoms with van der Waals surface area (Å²) in [5, 5.41) is 0. The van der Waals surface area contributed by atoms with Crippen LogP contribution in [0.3, 0.4) is 0 Å². The molecule has 1 aromatic rings. The number of aryl methyl sites for hydroxylation is 1. The molecule has 0 bridgehead atoms. The molecule has 0 heteroatoms. The van der Waals surface area contributed by atoms with Crippen LogP contribution in [0.1, 0.15) is 68.6 Å². The zero-order chi connectivity index (χ0) is 11.2. The van der Waals surface area contributed by atoms with Gasteiger partial charge in [0.15, 0.2) is 0 Å². The first kappa shape index (κ1) is 10.4. The second-order valence-electron chi connectivity index (χ2n) is 6.00. The molecule has 2 fully saturated rings. The van der Waals surface area contributed by atoms with E-state index in [1.807, 2.05) is 0 Å². The van der Waals surface area contributed by atoms with Crippen molar-refractivity contribution in [2.24, 2.45) is 0 Å². The lowest BCUT2D eigenvalue weighted by atomic mass is 9.91. The van der Waals surface area contributed by atoms with Crippen LogP contribution in [0.25, 0.3) is 0 Å². The van der Waals surface area contributed by atoms with Gasteiger partial charge >= 0.3 is 0 Å². The van der Waals surface area contributed by atoms with Crippen molar-refractivity contribution >= 4 is 0 Å². The molecule has 0 nitrogen and oxygen atoms in total. The van der Waals surface area contributed by atoms with Gasteiger partial charge in [0.1, 0.15) is 0 Å². The Morgan fingerprint density at radius 1 is 1.25 bits per heavy atom. The van der Waals surface area contributed by atoms with Crippen molar-refractivity contribution in [3.05, 3.63) is 34.9 Å². The maximum atomic E-state index is 2.54. The molecule has 0 radical (unpaired) electrons. The highest BCUT2D eigenvalue weighted by molar-refractivity contribution is 5.41. The minimum Gasteiger partial charge on any atom is -0.0651 e. The lowest BCUT2D eigenvalue weighted by Crippen LogP contribution is -2.02. The van der Waals surface area contributed by atoms with Crippen molar-refractivity contribution < 1.29 is 0 Å². The Labute approximate surface area is 99.1 Å². The molecule has 1 aromatic carbocycles. The van der Waals surface area contributed by atoms with E-state index >= 15 is 0 Å². The van der Waals surface area contributed by atoms with E-state index in [-0.39, 0.29) is 0 Å². The highest BCUT2D eigenvalue weighted by Crippen LogP contribution is 2.50. The van der Waals surface area contributed by atoms with Gasteiger partial charge in [0.25, 0.3) is 0 Å². The Morgan fingerprint density at radius 2 is 2.00 bits per heavy atom. The Kier molecular flexibility index (Phi) is 2.34. The van der Waals surface area contributed by atoms with Crippen molar-refractivity contribution in [3.8, 4) is 0 Å². The molecule has 0 amide bonds. The van der Waals surface area contributed by atoms with Gasteiger partial charge in [0.05, 0.1) is 0 Å². The van der Waals surface area contributed by atoms with Crippen LogP contribution in [0, 0.1) is 0 Å². The van der Waals surface area contributed by atoms with Crippen molar-refractivity contribution in [2.75, 3.05) is 0 Å². The Balaban J connectivity index is 1.95. The predicted octanol–water partition coefficient (Wildman–Crippen LogP) is 4.57. The van der Waals surface area contributed by atoms with Gasteiger partial charge in [-0.15, -0.1) is 0 Å². The van der Waals surface area contributed by atoms with Crippen molar-refractivity contribution in [1.82, 2.24) is 0 Å². The normalized spacial score (nSPS) is 22.1. The van der Waals surface area contributed by atoms with Gasteiger partial charge in [-0.25, -0.2) is 0 Å². The van der Waals surface area contributed by atoms with E-state index in [2.05, 4.69) is 32.0 Å². The fourth-order valence-corrected chi connectivity index (χ4v) is 2.72. The number of hydrogen-bond donors (Lipinski definition) is 0. The first-order valence-corrected chi connectivity index (χ1v) is 6.86. The van der Waals surface area contributed by atoms with Gasteiger partial charge in [-0.2, -0.15) is 0 Å². The molecule has 0 aromatic heterocycles. The maximum absolute atomic E-state index is 2.54. The van der Waals surface area contributed by atoms with E-state index in [1.54, 1.807) is 16.7 Å². The van der Waals surface area contributed by atoms with Gasteiger partial charge in [0, 0.05) is 0 Å². The zero-order valence-corrected chi connectivity index (χ0v) is 10.6. The molecule has 3 rings (SSSR count). The monoisotopic (exact) mass is 214 g/mol. The Bertz CT molecular complexity index is 394. The zero-order valence-electron chi connectivity index (χ0n) is 10.6. The first-order valence-electron chi connectivity index (χ1n) is 6.86. The first-order chi connectivity index (χ1) is 7.73. The minimum atomic E-state index is 0.536. The summed E-state index contributed by atoms with van der Waals surface area (Å²) in [5.41, 5.74) is 5.45. The van der Waals surface area contributed by atoms with E-state index in [1.165, 1.54) is 38.5 Å². The largest absolute Gasteiger partial charge is 0.0651 e. The van der Waals surface area contributed by atoms with Crippen molar-refractivity contribution in [2.45, 2.75) is 63.7 Å². The lowest BCUT2D eigenvalue weighted by molar-refractivity contribution is 0.780. The molecule has 0 spiro atoms. The summed E-state index contributed by atoms with van der Waals surface area (Å²) in [6.45, 7) is 4.70. The molecule has 2 saturated carbocycles. The molecule has 86 valence electrons. The van der Waals surface area contributed by atoms with Crippen LogP contribution >= 0.6 is 0 Å². The highest BCUT2D eigenvalue weighted by atomic mass is 14.4. The minimum absolute atomic E-state index is 0.536. The van der Waals surface area contributed by atoms with Crippen LogP contribution in [0.2, 0.25) is 0 Å². The van der Waals surface area contributed by atoms with Crippen LogP contribution in [-0.2, 0) is 11.8 Å². The van der Waals surface area contributed by atoms with Crippen LogP contribution in [0.5, 0.6) is 0 Å². The molecule has 0 N–H and O–H groups in total. The third-order valence-corrected chi connectivity index (χ3v) is 4.38. The number of rotatable bonds is 4.